The molecule has 0 saturated carbocycles. The average Bonchev–Trinajstić information content (AvgIpc) is 2.98. The Morgan fingerprint density at radius 3 is 2.23 bits per heavy atom. The molecule has 3 aromatic carbocycles. The van der Waals surface area contributed by atoms with E-state index >= 15 is 0 Å². The zero-order valence-electron chi connectivity index (χ0n) is 15.5. The largest absolute Gasteiger partial charge is 0.416 e. The summed E-state index contributed by atoms with van der Waals surface area (Å²) in [6.07, 6.45) is -4.45. The van der Waals surface area contributed by atoms with Gasteiger partial charge in [0.25, 0.3) is 5.91 Å². The maximum atomic E-state index is 13.0. The summed E-state index contributed by atoms with van der Waals surface area (Å²) in [5.41, 5.74) is 0.906. The Bertz CT molecular complexity index is 1220. The molecule has 0 aromatic heterocycles. The summed E-state index contributed by atoms with van der Waals surface area (Å²) < 4.78 is 63.2. The Balaban J connectivity index is 1.64. The summed E-state index contributed by atoms with van der Waals surface area (Å²) in [7, 11) is -3.48. The van der Waals surface area contributed by atoms with Gasteiger partial charge in [0, 0.05) is 5.56 Å². The van der Waals surface area contributed by atoms with Crippen LogP contribution in [-0.2, 0) is 16.0 Å². The molecule has 0 unspecified atom stereocenters. The number of hydrogen-bond acceptors (Lipinski definition) is 3. The number of carbonyl (C=O) groups excluding carboxylic acids is 1. The summed E-state index contributed by atoms with van der Waals surface area (Å²) in [5, 5.41) is 2.75. The minimum Gasteiger partial charge on any atom is -0.344 e. The lowest BCUT2D eigenvalue weighted by molar-refractivity contribution is -0.137. The van der Waals surface area contributed by atoms with E-state index in [1.54, 1.807) is 42.5 Å². The fourth-order valence-corrected chi connectivity index (χ4v) is 5.31. The number of carbonyl (C=O) groups is 1. The van der Waals surface area contributed by atoms with Crippen molar-refractivity contribution in [3.8, 4) is 11.1 Å². The molecule has 8 heteroatoms. The molecule has 30 heavy (non-hydrogen) atoms. The van der Waals surface area contributed by atoms with Crippen LogP contribution in [0.15, 0.2) is 77.7 Å². The Morgan fingerprint density at radius 2 is 1.53 bits per heavy atom. The third-order valence-electron chi connectivity index (χ3n) is 5.02. The van der Waals surface area contributed by atoms with Crippen LogP contribution < -0.4 is 5.32 Å². The maximum absolute atomic E-state index is 13.0. The number of rotatable bonds is 3. The molecule has 1 aliphatic rings. The van der Waals surface area contributed by atoms with Gasteiger partial charge in [0.1, 0.15) is 0 Å². The van der Waals surface area contributed by atoms with Crippen LogP contribution >= 0.6 is 0 Å². The summed E-state index contributed by atoms with van der Waals surface area (Å²) >= 11 is 0. The number of amides is 1. The van der Waals surface area contributed by atoms with Gasteiger partial charge in [-0.1, -0.05) is 48.5 Å². The molecule has 4 nitrogen and oxygen atoms in total. The molecule has 1 amide bonds. The van der Waals surface area contributed by atoms with Gasteiger partial charge in [-0.25, -0.2) is 8.42 Å². The fourth-order valence-electron chi connectivity index (χ4n) is 3.58. The molecule has 0 aliphatic carbocycles. The van der Waals surface area contributed by atoms with Gasteiger partial charge in [-0.15, -0.1) is 0 Å². The maximum Gasteiger partial charge on any atom is 0.416 e. The third kappa shape index (κ3) is 3.70. The molecule has 1 aliphatic heterocycles. The van der Waals surface area contributed by atoms with Gasteiger partial charge in [-0.05, 0) is 41.0 Å². The van der Waals surface area contributed by atoms with Crippen molar-refractivity contribution in [3.63, 3.8) is 0 Å². The van der Waals surface area contributed by atoms with Crippen LogP contribution in [0, 0.1) is 0 Å². The highest BCUT2D eigenvalue weighted by atomic mass is 32.2. The van der Waals surface area contributed by atoms with E-state index in [1.807, 2.05) is 0 Å². The van der Waals surface area contributed by atoms with E-state index in [2.05, 4.69) is 5.32 Å². The number of hydrogen-bond donors (Lipinski definition) is 1. The molecule has 0 spiro atoms. The first-order chi connectivity index (χ1) is 14.2. The SMILES string of the molecule is O=C(N[C@@H]1CS(=O)(=O)c2ccccc21)c1ccccc1-c1ccc(C(F)(F)F)cc1. The van der Waals surface area contributed by atoms with Crippen molar-refractivity contribution in [2.45, 2.75) is 17.1 Å². The summed E-state index contributed by atoms with van der Waals surface area (Å²) in [6.45, 7) is 0. The minimum absolute atomic E-state index is 0.200. The van der Waals surface area contributed by atoms with E-state index in [0.717, 1.165) is 12.1 Å². The lowest BCUT2D eigenvalue weighted by Crippen LogP contribution is -2.30. The Hall–Kier alpha value is -3.13. The lowest BCUT2D eigenvalue weighted by atomic mass is 9.97. The first kappa shape index (κ1) is 20.2. The first-order valence-electron chi connectivity index (χ1n) is 9.06. The van der Waals surface area contributed by atoms with Crippen LogP contribution in [0.1, 0.15) is 27.5 Å². The second-order valence-corrected chi connectivity index (χ2v) is 8.97. The van der Waals surface area contributed by atoms with Gasteiger partial charge in [-0.2, -0.15) is 13.2 Å². The number of sulfone groups is 1. The van der Waals surface area contributed by atoms with Crippen LogP contribution in [0.5, 0.6) is 0 Å². The third-order valence-corrected chi connectivity index (χ3v) is 6.83. The van der Waals surface area contributed by atoms with Gasteiger partial charge < -0.3 is 5.32 Å². The number of halogens is 3. The second-order valence-electron chi connectivity index (χ2n) is 6.97. The van der Waals surface area contributed by atoms with Crippen molar-refractivity contribution in [1.82, 2.24) is 5.32 Å². The molecule has 1 heterocycles. The summed E-state index contributed by atoms with van der Waals surface area (Å²) in [4.78, 5) is 13.2. The van der Waals surface area contributed by atoms with Crippen molar-refractivity contribution >= 4 is 15.7 Å². The smallest absolute Gasteiger partial charge is 0.344 e. The number of alkyl halides is 3. The summed E-state index contributed by atoms with van der Waals surface area (Å²) in [5.74, 6) is -0.733. The van der Waals surface area contributed by atoms with E-state index < -0.39 is 33.5 Å². The van der Waals surface area contributed by atoms with E-state index in [1.165, 1.54) is 18.2 Å². The second kappa shape index (κ2) is 7.28. The molecule has 0 bridgehead atoms. The normalized spacial score (nSPS) is 17.4. The molecule has 1 atom stereocenters. The molecule has 0 radical (unpaired) electrons. The molecule has 1 N–H and O–H groups in total. The van der Waals surface area contributed by atoms with Gasteiger partial charge >= 0.3 is 6.18 Å². The molecule has 0 saturated heterocycles. The van der Waals surface area contributed by atoms with Crippen LogP contribution in [-0.4, -0.2) is 20.1 Å². The van der Waals surface area contributed by atoms with E-state index in [0.29, 0.717) is 16.7 Å². The van der Waals surface area contributed by atoms with Crippen LogP contribution in [0.2, 0.25) is 0 Å². The molecule has 0 fully saturated rings. The van der Waals surface area contributed by atoms with Crippen molar-refractivity contribution in [2.24, 2.45) is 0 Å². The highest BCUT2D eigenvalue weighted by Crippen LogP contribution is 2.34. The molecule has 4 rings (SSSR count). The lowest BCUT2D eigenvalue weighted by Gasteiger charge is -2.15. The van der Waals surface area contributed by atoms with Crippen molar-refractivity contribution in [1.29, 1.82) is 0 Å². The van der Waals surface area contributed by atoms with Crippen LogP contribution in [0.3, 0.4) is 0 Å². The zero-order chi connectivity index (χ0) is 21.5. The first-order valence-corrected chi connectivity index (χ1v) is 10.7. The predicted octanol–water partition coefficient (Wildman–Crippen LogP) is 4.63. The highest BCUT2D eigenvalue weighted by molar-refractivity contribution is 7.91. The predicted molar refractivity (Wildman–Crippen MR) is 106 cm³/mol. The van der Waals surface area contributed by atoms with Crippen molar-refractivity contribution in [3.05, 3.63) is 89.5 Å². The average molecular weight is 431 g/mol. The topological polar surface area (TPSA) is 63.2 Å². The standard InChI is InChI=1S/C22H16F3NO3S/c23-22(24,25)15-11-9-14(10-12-15)16-5-1-2-6-17(16)21(27)26-19-13-30(28,29)20-8-4-3-7-18(19)20/h1-12,19H,13H2,(H,26,27)/t19-/m1/s1. The van der Waals surface area contributed by atoms with Crippen molar-refractivity contribution in [2.75, 3.05) is 5.75 Å². The molecule has 154 valence electrons. The number of benzene rings is 3. The Morgan fingerprint density at radius 1 is 0.900 bits per heavy atom. The monoisotopic (exact) mass is 431 g/mol. The number of fused-ring (bicyclic) bond motifs is 1. The Labute approximate surface area is 171 Å². The molecular formula is C22H16F3NO3S. The summed E-state index contributed by atoms with van der Waals surface area (Å²) in [6, 6.07) is 16.9. The Kier molecular flexibility index (Phi) is 4.89. The fraction of sp³-hybridized carbons (Fsp3) is 0.136. The van der Waals surface area contributed by atoms with Gasteiger partial charge in [0.2, 0.25) is 0 Å². The minimum atomic E-state index is -4.45. The van der Waals surface area contributed by atoms with E-state index in [9.17, 15) is 26.4 Å². The van der Waals surface area contributed by atoms with Gasteiger partial charge in [0.05, 0.1) is 22.3 Å². The van der Waals surface area contributed by atoms with E-state index in [4.69, 9.17) is 0 Å². The van der Waals surface area contributed by atoms with Crippen LogP contribution in [0.4, 0.5) is 13.2 Å². The van der Waals surface area contributed by atoms with Crippen LogP contribution in [0.25, 0.3) is 11.1 Å². The zero-order valence-corrected chi connectivity index (χ0v) is 16.3. The molecular weight excluding hydrogens is 415 g/mol. The highest BCUT2D eigenvalue weighted by Gasteiger charge is 2.35. The van der Waals surface area contributed by atoms with Crippen molar-refractivity contribution < 1.29 is 26.4 Å². The quantitative estimate of drug-likeness (QED) is 0.658. The number of nitrogens with one attached hydrogen (secondary N) is 1. The molecule has 3 aromatic rings. The van der Waals surface area contributed by atoms with Gasteiger partial charge in [0.15, 0.2) is 9.84 Å². The van der Waals surface area contributed by atoms with Gasteiger partial charge in [-0.3, -0.25) is 4.79 Å². The van der Waals surface area contributed by atoms with E-state index in [-0.39, 0.29) is 16.2 Å².